The Kier molecular flexibility index (Phi) is 6.21. The lowest BCUT2D eigenvalue weighted by atomic mass is 10.2. The average Bonchev–Trinajstić information content (AvgIpc) is 2.80. The summed E-state index contributed by atoms with van der Waals surface area (Å²) in [5, 5.41) is 6.11. The van der Waals surface area contributed by atoms with Crippen LogP contribution in [0.2, 0.25) is 10.0 Å². The number of halogens is 2. The van der Waals surface area contributed by atoms with Gasteiger partial charge in [0.05, 0.1) is 36.0 Å². The van der Waals surface area contributed by atoms with Gasteiger partial charge in [0.2, 0.25) is 0 Å². The quantitative estimate of drug-likeness (QED) is 0.284. The summed E-state index contributed by atoms with van der Waals surface area (Å²) >= 11 is 12.2. The van der Waals surface area contributed by atoms with Crippen LogP contribution in [0.15, 0.2) is 65.8 Å². The first-order valence-electron chi connectivity index (χ1n) is 9.32. The van der Waals surface area contributed by atoms with E-state index in [0.717, 1.165) is 22.0 Å². The van der Waals surface area contributed by atoms with E-state index < -0.39 is 0 Å². The van der Waals surface area contributed by atoms with Crippen molar-refractivity contribution in [1.29, 1.82) is 0 Å². The van der Waals surface area contributed by atoms with Gasteiger partial charge in [0.25, 0.3) is 0 Å². The van der Waals surface area contributed by atoms with E-state index in [1.807, 2.05) is 48.5 Å². The van der Waals surface area contributed by atoms with Crippen molar-refractivity contribution in [3.8, 4) is 22.9 Å². The lowest BCUT2D eigenvalue weighted by Gasteiger charge is -2.09. The molecule has 0 unspecified atom stereocenters. The predicted octanol–water partition coefficient (Wildman–Crippen LogP) is 6.07. The number of benzene rings is 3. The number of methoxy groups -OCH3 is 2. The topological polar surface area (TPSA) is 68.6 Å². The zero-order valence-electron chi connectivity index (χ0n) is 16.8. The van der Waals surface area contributed by atoms with Crippen LogP contribution >= 0.6 is 23.2 Å². The highest BCUT2D eigenvalue weighted by Gasteiger charge is 2.10. The molecule has 1 aromatic heterocycles. The lowest BCUT2D eigenvalue weighted by Crippen LogP contribution is -1.99. The van der Waals surface area contributed by atoms with Gasteiger partial charge < -0.3 is 9.47 Å². The van der Waals surface area contributed by atoms with Crippen molar-refractivity contribution in [2.45, 2.75) is 0 Å². The van der Waals surface area contributed by atoms with Gasteiger partial charge in [-0.15, -0.1) is 0 Å². The number of hydrazone groups is 1. The van der Waals surface area contributed by atoms with Gasteiger partial charge in [-0.05, 0) is 54.1 Å². The van der Waals surface area contributed by atoms with Gasteiger partial charge in [0.15, 0.2) is 23.1 Å². The molecule has 4 rings (SSSR count). The number of para-hydroxylation sites is 1. The molecule has 0 saturated heterocycles. The number of aromatic nitrogens is 2. The first-order chi connectivity index (χ1) is 15.1. The molecular weight excluding hydrogens is 435 g/mol. The molecule has 3 aromatic carbocycles. The maximum Gasteiger partial charge on any atom is 0.162 e. The molecule has 0 saturated carbocycles. The van der Waals surface area contributed by atoms with Crippen LogP contribution in [0.1, 0.15) is 5.56 Å². The van der Waals surface area contributed by atoms with Gasteiger partial charge in [0, 0.05) is 10.9 Å². The third-order valence-corrected chi connectivity index (χ3v) is 5.31. The Hall–Kier alpha value is -3.35. The number of nitrogens with one attached hydrogen (secondary N) is 1. The lowest BCUT2D eigenvalue weighted by molar-refractivity contribution is 0.355. The SMILES string of the molecule is COc1ccc(/C=N\Nc2nc(-c3ccc(Cl)c(Cl)c3)nc3ccccc23)cc1OC. The largest absolute Gasteiger partial charge is 0.493 e. The average molecular weight is 453 g/mol. The number of hydrogen-bond donors (Lipinski definition) is 1. The number of rotatable bonds is 6. The second-order valence-corrected chi connectivity index (χ2v) is 7.34. The molecule has 0 radical (unpaired) electrons. The van der Waals surface area contributed by atoms with Crippen LogP contribution in [0.3, 0.4) is 0 Å². The van der Waals surface area contributed by atoms with E-state index in [0.29, 0.717) is 33.2 Å². The summed E-state index contributed by atoms with van der Waals surface area (Å²) in [6.45, 7) is 0. The minimum atomic E-state index is 0.442. The number of hydrogen-bond acceptors (Lipinski definition) is 6. The molecule has 1 N–H and O–H groups in total. The first-order valence-corrected chi connectivity index (χ1v) is 10.1. The standard InChI is InChI=1S/C23H18Cl2N4O2/c1-30-20-10-7-14(11-21(20)31-2)13-26-29-23-16-5-3-4-6-19(16)27-22(28-23)15-8-9-17(24)18(25)12-15/h3-13H,1-2H3,(H,27,28,29)/b26-13-. The maximum absolute atomic E-state index is 6.17. The number of nitrogens with zero attached hydrogens (tertiary/aromatic N) is 3. The molecule has 0 aliphatic rings. The molecule has 0 spiro atoms. The maximum atomic E-state index is 6.17. The fourth-order valence-electron chi connectivity index (χ4n) is 3.03. The van der Waals surface area contributed by atoms with Crippen LogP contribution in [-0.4, -0.2) is 30.4 Å². The van der Waals surface area contributed by atoms with E-state index in [9.17, 15) is 0 Å². The number of ether oxygens (including phenoxy) is 2. The van der Waals surface area contributed by atoms with Gasteiger partial charge in [-0.3, -0.25) is 5.43 Å². The second-order valence-electron chi connectivity index (χ2n) is 6.53. The van der Waals surface area contributed by atoms with Crippen LogP contribution in [0.25, 0.3) is 22.3 Å². The molecule has 0 atom stereocenters. The van der Waals surface area contributed by atoms with Crippen molar-refractivity contribution >= 4 is 46.1 Å². The van der Waals surface area contributed by atoms with Crippen LogP contribution in [0.4, 0.5) is 5.82 Å². The fourth-order valence-corrected chi connectivity index (χ4v) is 3.33. The molecule has 6 nitrogen and oxygen atoms in total. The van der Waals surface area contributed by atoms with Crippen molar-refractivity contribution in [2.75, 3.05) is 19.6 Å². The van der Waals surface area contributed by atoms with Gasteiger partial charge in [-0.25, -0.2) is 9.97 Å². The Balaban J connectivity index is 1.68. The van der Waals surface area contributed by atoms with Crippen LogP contribution < -0.4 is 14.9 Å². The molecule has 156 valence electrons. The first kappa shape index (κ1) is 20.9. The summed E-state index contributed by atoms with van der Waals surface area (Å²) in [5.74, 6) is 2.37. The van der Waals surface area contributed by atoms with Gasteiger partial charge in [-0.2, -0.15) is 5.10 Å². The predicted molar refractivity (Wildman–Crippen MR) is 126 cm³/mol. The van der Waals surface area contributed by atoms with E-state index >= 15 is 0 Å². The van der Waals surface area contributed by atoms with Crippen molar-refractivity contribution in [3.05, 3.63) is 76.3 Å². The minimum absolute atomic E-state index is 0.442. The molecule has 8 heteroatoms. The highest BCUT2D eigenvalue weighted by Crippen LogP contribution is 2.30. The minimum Gasteiger partial charge on any atom is -0.493 e. The van der Waals surface area contributed by atoms with Crippen molar-refractivity contribution in [1.82, 2.24) is 9.97 Å². The summed E-state index contributed by atoms with van der Waals surface area (Å²) < 4.78 is 10.6. The molecule has 0 aliphatic heterocycles. The Morgan fingerprint density at radius 2 is 1.68 bits per heavy atom. The van der Waals surface area contributed by atoms with Crippen LogP contribution in [0, 0.1) is 0 Å². The smallest absolute Gasteiger partial charge is 0.162 e. The normalized spacial score (nSPS) is 11.1. The molecule has 0 amide bonds. The summed E-state index contributed by atoms with van der Waals surface area (Å²) in [7, 11) is 3.19. The van der Waals surface area contributed by atoms with Gasteiger partial charge in [0.1, 0.15) is 0 Å². The zero-order chi connectivity index (χ0) is 21.8. The highest BCUT2D eigenvalue weighted by molar-refractivity contribution is 6.42. The Labute approximate surface area is 189 Å². The van der Waals surface area contributed by atoms with Crippen molar-refractivity contribution < 1.29 is 9.47 Å². The van der Waals surface area contributed by atoms with E-state index in [-0.39, 0.29) is 0 Å². The third-order valence-electron chi connectivity index (χ3n) is 4.57. The Bertz CT molecular complexity index is 1280. The van der Waals surface area contributed by atoms with Crippen LogP contribution in [-0.2, 0) is 0 Å². The molecule has 0 aliphatic carbocycles. The van der Waals surface area contributed by atoms with Crippen molar-refractivity contribution in [3.63, 3.8) is 0 Å². The third kappa shape index (κ3) is 4.55. The number of anilines is 1. The van der Waals surface area contributed by atoms with E-state index in [4.69, 9.17) is 32.7 Å². The molecule has 4 aromatic rings. The summed E-state index contributed by atoms with van der Waals surface area (Å²) in [6, 6.07) is 18.5. The molecule has 0 bridgehead atoms. The Morgan fingerprint density at radius 3 is 2.45 bits per heavy atom. The van der Waals surface area contributed by atoms with Gasteiger partial charge >= 0.3 is 0 Å². The molecule has 0 fully saturated rings. The Morgan fingerprint density at radius 1 is 0.871 bits per heavy atom. The van der Waals surface area contributed by atoms with E-state index in [1.165, 1.54) is 0 Å². The summed E-state index contributed by atoms with van der Waals surface area (Å²) in [5.41, 5.74) is 5.40. The highest BCUT2D eigenvalue weighted by atomic mass is 35.5. The second kappa shape index (κ2) is 9.20. The van der Waals surface area contributed by atoms with Crippen LogP contribution in [0.5, 0.6) is 11.5 Å². The van der Waals surface area contributed by atoms with Gasteiger partial charge in [-0.1, -0.05) is 35.3 Å². The molecular formula is C23H18Cl2N4O2. The fraction of sp³-hybridized carbons (Fsp3) is 0.0870. The summed E-state index contributed by atoms with van der Waals surface area (Å²) in [6.07, 6.45) is 1.68. The van der Waals surface area contributed by atoms with Crippen molar-refractivity contribution in [2.24, 2.45) is 5.10 Å². The number of fused-ring (bicyclic) bond motifs is 1. The zero-order valence-corrected chi connectivity index (χ0v) is 18.3. The summed E-state index contributed by atoms with van der Waals surface area (Å²) in [4.78, 5) is 9.30. The van der Waals surface area contributed by atoms with E-state index in [2.05, 4.69) is 20.5 Å². The van der Waals surface area contributed by atoms with E-state index in [1.54, 1.807) is 32.6 Å². The molecule has 1 heterocycles. The monoisotopic (exact) mass is 452 g/mol. The molecule has 31 heavy (non-hydrogen) atoms.